The molecule has 1 atom stereocenters. The summed E-state index contributed by atoms with van der Waals surface area (Å²) in [5.41, 5.74) is 0. The second-order valence-corrected chi connectivity index (χ2v) is 4.97. The molecule has 0 aliphatic carbocycles. The maximum absolute atomic E-state index is 12.1. The Morgan fingerprint density at radius 3 is 2.68 bits per heavy atom. The number of ether oxygens (including phenoxy) is 1. The lowest BCUT2D eigenvalue weighted by Crippen LogP contribution is -2.47. The molecule has 2 heterocycles. The van der Waals surface area contributed by atoms with Crippen molar-refractivity contribution in [1.82, 2.24) is 15.1 Å². The summed E-state index contributed by atoms with van der Waals surface area (Å²) < 4.78 is 5.21. The fraction of sp³-hybridized carbons (Fsp3) is 0.833. The number of carbonyl (C=O) groups excluding carboxylic acids is 1. The monoisotopic (exact) mass is 271 g/mol. The Labute approximate surface area is 112 Å². The number of aliphatic carboxylic acids is 1. The van der Waals surface area contributed by atoms with Crippen LogP contribution in [0.5, 0.6) is 0 Å². The van der Waals surface area contributed by atoms with Gasteiger partial charge in [0.2, 0.25) is 5.91 Å². The van der Waals surface area contributed by atoms with E-state index in [-0.39, 0.29) is 5.91 Å². The second-order valence-electron chi connectivity index (χ2n) is 4.97. The number of carboxylic acid groups (broad SMARTS) is 1. The molecule has 2 N–H and O–H groups in total. The van der Waals surface area contributed by atoms with Crippen LogP contribution < -0.4 is 5.32 Å². The van der Waals surface area contributed by atoms with Gasteiger partial charge >= 0.3 is 5.97 Å². The molecule has 2 aliphatic heterocycles. The number of amides is 1. The number of rotatable bonds is 3. The largest absolute Gasteiger partial charge is 0.481 e. The molecule has 2 aliphatic rings. The molecular weight excluding hydrogens is 250 g/mol. The number of nitrogens with one attached hydrogen (secondary N) is 1. The highest BCUT2D eigenvalue weighted by Gasteiger charge is 2.26. The summed E-state index contributed by atoms with van der Waals surface area (Å²) in [6.07, 6.45) is 0. The van der Waals surface area contributed by atoms with Crippen LogP contribution in [-0.4, -0.2) is 85.8 Å². The minimum absolute atomic E-state index is 0.0642. The van der Waals surface area contributed by atoms with Gasteiger partial charge in [-0.3, -0.25) is 14.5 Å². The van der Waals surface area contributed by atoms with Crippen molar-refractivity contribution in [2.75, 3.05) is 59.0 Å². The van der Waals surface area contributed by atoms with Gasteiger partial charge in [0.15, 0.2) is 0 Å². The van der Waals surface area contributed by atoms with Gasteiger partial charge in [0, 0.05) is 39.3 Å². The van der Waals surface area contributed by atoms with Gasteiger partial charge in [0.25, 0.3) is 0 Å². The van der Waals surface area contributed by atoms with E-state index >= 15 is 0 Å². The molecule has 0 aromatic rings. The number of hydrogen-bond donors (Lipinski definition) is 2. The van der Waals surface area contributed by atoms with Gasteiger partial charge in [-0.05, 0) is 0 Å². The fourth-order valence-electron chi connectivity index (χ4n) is 2.39. The van der Waals surface area contributed by atoms with Crippen molar-refractivity contribution in [1.29, 1.82) is 0 Å². The van der Waals surface area contributed by atoms with Crippen LogP contribution in [0, 0.1) is 5.92 Å². The van der Waals surface area contributed by atoms with E-state index in [4.69, 9.17) is 9.84 Å². The first-order valence-corrected chi connectivity index (χ1v) is 6.68. The molecule has 2 rings (SSSR count). The number of morpholine rings is 1. The zero-order valence-electron chi connectivity index (χ0n) is 11.0. The van der Waals surface area contributed by atoms with E-state index in [1.807, 2.05) is 4.90 Å². The van der Waals surface area contributed by atoms with Gasteiger partial charge in [-0.15, -0.1) is 0 Å². The molecule has 0 unspecified atom stereocenters. The van der Waals surface area contributed by atoms with Gasteiger partial charge < -0.3 is 20.1 Å². The molecule has 2 saturated heterocycles. The van der Waals surface area contributed by atoms with Gasteiger partial charge in [0.1, 0.15) is 0 Å². The van der Waals surface area contributed by atoms with Crippen molar-refractivity contribution in [3.05, 3.63) is 0 Å². The normalized spacial score (nSPS) is 25.9. The van der Waals surface area contributed by atoms with E-state index in [1.165, 1.54) is 0 Å². The average Bonchev–Trinajstić information content (AvgIpc) is 2.65. The van der Waals surface area contributed by atoms with E-state index in [2.05, 4.69) is 5.32 Å². The van der Waals surface area contributed by atoms with Crippen LogP contribution in [0.4, 0.5) is 0 Å². The van der Waals surface area contributed by atoms with Crippen LogP contribution >= 0.6 is 0 Å². The first-order valence-electron chi connectivity index (χ1n) is 6.68. The Morgan fingerprint density at radius 1 is 1.26 bits per heavy atom. The van der Waals surface area contributed by atoms with Crippen LogP contribution in [0.15, 0.2) is 0 Å². The quantitative estimate of drug-likeness (QED) is 0.647. The average molecular weight is 271 g/mol. The summed E-state index contributed by atoms with van der Waals surface area (Å²) in [7, 11) is 0. The summed E-state index contributed by atoms with van der Waals surface area (Å²) in [5.74, 6) is -1.19. The Morgan fingerprint density at radius 2 is 2.00 bits per heavy atom. The minimum atomic E-state index is -0.807. The van der Waals surface area contributed by atoms with Crippen molar-refractivity contribution in [3.63, 3.8) is 0 Å². The molecule has 7 nitrogen and oxygen atoms in total. The number of hydrogen-bond acceptors (Lipinski definition) is 5. The maximum atomic E-state index is 12.1. The van der Waals surface area contributed by atoms with Crippen LogP contribution in [0.2, 0.25) is 0 Å². The highest BCUT2D eigenvalue weighted by Crippen LogP contribution is 2.06. The van der Waals surface area contributed by atoms with Crippen molar-refractivity contribution in [3.8, 4) is 0 Å². The number of carbonyl (C=O) groups is 2. The first kappa shape index (κ1) is 14.2. The van der Waals surface area contributed by atoms with Crippen molar-refractivity contribution >= 4 is 11.9 Å². The molecule has 108 valence electrons. The zero-order valence-corrected chi connectivity index (χ0v) is 11.0. The van der Waals surface area contributed by atoms with Crippen molar-refractivity contribution < 1.29 is 19.4 Å². The van der Waals surface area contributed by atoms with Crippen LogP contribution in [-0.2, 0) is 14.3 Å². The van der Waals surface area contributed by atoms with E-state index in [0.29, 0.717) is 52.5 Å². The highest BCUT2D eigenvalue weighted by molar-refractivity contribution is 5.78. The third-order valence-corrected chi connectivity index (χ3v) is 3.55. The summed E-state index contributed by atoms with van der Waals surface area (Å²) in [6.45, 7) is 5.07. The predicted octanol–water partition coefficient (Wildman–Crippen LogP) is -1.55. The topological polar surface area (TPSA) is 82.1 Å². The molecule has 0 aromatic heterocycles. The number of nitrogens with zero attached hydrogens (tertiary/aromatic N) is 2. The van der Waals surface area contributed by atoms with Gasteiger partial charge in [-0.2, -0.15) is 0 Å². The third-order valence-electron chi connectivity index (χ3n) is 3.55. The molecule has 0 spiro atoms. The molecular formula is C12H21N3O4. The molecule has 0 bridgehead atoms. The molecule has 0 aromatic carbocycles. The Bertz CT molecular complexity index is 331. The number of carboxylic acids is 1. The summed E-state index contributed by atoms with van der Waals surface area (Å²) >= 11 is 0. The molecule has 1 amide bonds. The van der Waals surface area contributed by atoms with Gasteiger partial charge in [-0.1, -0.05) is 0 Å². The lowest BCUT2D eigenvalue weighted by atomic mass is 10.1. The summed E-state index contributed by atoms with van der Waals surface area (Å²) in [4.78, 5) is 26.9. The minimum Gasteiger partial charge on any atom is -0.481 e. The fourth-order valence-corrected chi connectivity index (χ4v) is 2.39. The van der Waals surface area contributed by atoms with E-state index in [1.54, 1.807) is 4.90 Å². The smallest absolute Gasteiger partial charge is 0.309 e. The Kier molecular flexibility index (Phi) is 5.12. The lowest BCUT2D eigenvalue weighted by molar-refractivity contribution is -0.143. The van der Waals surface area contributed by atoms with Crippen molar-refractivity contribution in [2.45, 2.75) is 0 Å². The Balaban J connectivity index is 1.85. The molecule has 2 fully saturated rings. The maximum Gasteiger partial charge on any atom is 0.309 e. The summed E-state index contributed by atoms with van der Waals surface area (Å²) in [5, 5.41) is 12.2. The first-order chi connectivity index (χ1) is 9.16. The molecule has 7 heteroatoms. The highest BCUT2D eigenvalue weighted by atomic mass is 16.5. The van der Waals surface area contributed by atoms with Crippen LogP contribution in [0.3, 0.4) is 0 Å². The van der Waals surface area contributed by atoms with Crippen LogP contribution in [0.25, 0.3) is 0 Å². The second kappa shape index (κ2) is 6.83. The zero-order chi connectivity index (χ0) is 13.7. The molecule has 19 heavy (non-hydrogen) atoms. The Hall–Kier alpha value is -1.18. The molecule has 0 saturated carbocycles. The van der Waals surface area contributed by atoms with E-state index in [0.717, 1.165) is 6.54 Å². The van der Waals surface area contributed by atoms with Crippen LogP contribution in [0.1, 0.15) is 0 Å². The third kappa shape index (κ3) is 4.15. The standard InChI is InChI=1S/C12H21N3O4/c16-11(15-3-5-19-6-4-15)9-14-2-1-13-7-10(8-14)12(17)18/h10,13H,1-9H2,(H,17,18)/t10-/m0/s1. The van der Waals surface area contributed by atoms with E-state index < -0.39 is 11.9 Å². The lowest BCUT2D eigenvalue weighted by Gasteiger charge is -2.29. The van der Waals surface area contributed by atoms with Gasteiger partial charge in [0.05, 0.1) is 25.7 Å². The van der Waals surface area contributed by atoms with Gasteiger partial charge in [-0.25, -0.2) is 0 Å². The van der Waals surface area contributed by atoms with Crippen molar-refractivity contribution in [2.24, 2.45) is 5.92 Å². The van der Waals surface area contributed by atoms with E-state index in [9.17, 15) is 9.59 Å². The summed E-state index contributed by atoms with van der Waals surface area (Å²) in [6, 6.07) is 0. The SMILES string of the molecule is O=C(O)[C@H]1CNCCN(CC(=O)N2CCOCC2)C1. The predicted molar refractivity (Wildman–Crippen MR) is 67.8 cm³/mol. The molecule has 0 radical (unpaired) electrons.